The number of benzene rings is 1. The number of thioether (sulfide) groups is 1. The highest BCUT2D eigenvalue weighted by Gasteiger charge is 2.08. The number of aromatic nitrogens is 4. The van der Waals surface area contributed by atoms with Crippen molar-refractivity contribution in [3.8, 4) is 0 Å². The average molecular weight is 295 g/mol. The van der Waals surface area contributed by atoms with Crippen molar-refractivity contribution in [2.75, 3.05) is 0 Å². The molecule has 0 unspecified atom stereocenters. The van der Waals surface area contributed by atoms with Gasteiger partial charge in [0.05, 0.1) is 16.8 Å². The molecule has 0 fully saturated rings. The van der Waals surface area contributed by atoms with Crippen LogP contribution in [0.5, 0.6) is 0 Å². The van der Waals surface area contributed by atoms with Crippen LogP contribution in [0.1, 0.15) is 18.7 Å². The molecule has 0 aliphatic heterocycles. The lowest BCUT2D eigenvalue weighted by Gasteiger charge is -1.91. The number of imidazole rings is 1. The van der Waals surface area contributed by atoms with E-state index in [1.54, 1.807) is 0 Å². The van der Waals surface area contributed by atoms with Crippen LogP contribution in [0.4, 0.5) is 0 Å². The molecule has 3 aromatic rings. The van der Waals surface area contributed by atoms with Gasteiger partial charge in [-0.15, -0.1) is 10.2 Å². The van der Waals surface area contributed by atoms with Crippen molar-refractivity contribution in [1.29, 1.82) is 0 Å². The first-order valence-electron chi connectivity index (χ1n) is 5.84. The fraction of sp³-hybridized carbons (Fsp3) is 0.250. The van der Waals surface area contributed by atoms with Crippen LogP contribution in [0.3, 0.4) is 0 Å². The third-order valence-corrected chi connectivity index (χ3v) is 3.66. The lowest BCUT2D eigenvalue weighted by Crippen LogP contribution is -1.81. The Morgan fingerprint density at radius 1 is 1.32 bits per heavy atom. The topological polar surface area (TPSA) is 67.6 Å². The molecule has 7 heteroatoms. The van der Waals surface area contributed by atoms with Gasteiger partial charge in [-0.25, -0.2) is 4.98 Å². The summed E-state index contributed by atoms with van der Waals surface area (Å²) in [6, 6.07) is 5.57. The average Bonchev–Trinajstić information content (AvgIpc) is 3.01. The van der Waals surface area contributed by atoms with Crippen LogP contribution >= 0.6 is 23.4 Å². The molecule has 0 saturated heterocycles. The summed E-state index contributed by atoms with van der Waals surface area (Å²) < 4.78 is 5.44. The summed E-state index contributed by atoms with van der Waals surface area (Å²) >= 11 is 7.45. The van der Waals surface area contributed by atoms with Crippen LogP contribution in [0.15, 0.2) is 27.8 Å². The fourth-order valence-corrected chi connectivity index (χ4v) is 2.54. The summed E-state index contributed by atoms with van der Waals surface area (Å²) in [5.74, 6) is 1.87. The SMILES string of the molecule is CCc1nnc(CSc2nc3ccc(Cl)cc3[nH]2)o1. The van der Waals surface area contributed by atoms with Crippen molar-refractivity contribution in [1.82, 2.24) is 20.2 Å². The van der Waals surface area contributed by atoms with Crippen molar-refractivity contribution >= 4 is 34.4 Å². The molecule has 0 spiro atoms. The van der Waals surface area contributed by atoms with E-state index in [1.165, 1.54) is 11.8 Å². The van der Waals surface area contributed by atoms with Crippen LogP contribution in [0, 0.1) is 0 Å². The van der Waals surface area contributed by atoms with Crippen molar-refractivity contribution in [2.24, 2.45) is 0 Å². The van der Waals surface area contributed by atoms with Gasteiger partial charge in [0.25, 0.3) is 0 Å². The Labute approximate surface area is 118 Å². The zero-order valence-corrected chi connectivity index (χ0v) is 11.8. The molecule has 5 nitrogen and oxygen atoms in total. The van der Waals surface area contributed by atoms with Gasteiger partial charge in [0.1, 0.15) is 0 Å². The molecule has 1 N–H and O–H groups in total. The zero-order valence-electron chi connectivity index (χ0n) is 10.2. The van der Waals surface area contributed by atoms with Crippen LogP contribution in [0.25, 0.3) is 11.0 Å². The highest BCUT2D eigenvalue weighted by molar-refractivity contribution is 7.98. The Kier molecular flexibility index (Phi) is 3.44. The predicted octanol–water partition coefficient (Wildman–Crippen LogP) is 3.45. The van der Waals surface area contributed by atoms with Gasteiger partial charge in [0, 0.05) is 11.4 Å². The van der Waals surface area contributed by atoms with Gasteiger partial charge < -0.3 is 9.40 Å². The molecule has 0 radical (unpaired) electrons. The van der Waals surface area contributed by atoms with Gasteiger partial charge >= 0.3 is 0 Å². The molecule has 0 saturated carbocycles. The number of H-pyrrole nitrogens is 1. The number of aromatic amines is 1. The minimum Gasteiger partial charge on any atom is -0.424 e. The standard InChI is InChI=1S/C12H11ClN4OS/c1-2-10-16-17-11(18-10)6-19-12-14-8-4-3-7(13)5-9(8)15-12/h3-5H,2,6H2,1H3,(H,14,15). The smallest absolute Gasteiger partial charge is 0.226 e. The summed E-state index contributed by atoms with van der Waals surface area (Å²) in [5.41, 5.74) is 1.82. The minimum absolute atomic E-state index is 0.598. The van der Waals surface area contributed by atoms with Gasteiger partial charge in [-0.2, -0.15) is 0 Å². The van der Waals surface area contributed by atoms with Crippen LogP contribution in [0.2, 0.25) is 5.02 Å². The van der Waals surface area contributed by atoms with E-state index in [0.717, 1.165) is 22.6 Å². The van der Waals surface area contributed by atoms with E-state index < -0.39 is 0 Å². The van der Waals surface area contributed by atoms with Gasteiger partial charge in [-0.05, 0) is 18.2 Å². The van der Waals surface area contributed by atoms with Crippen molar-refractivity contribution in [3.63, 3.8) is 0 Å². The second kappa shape index (κ2) is 5.22. The quantitative estimate of drug-likeness (QED) is 0.746. The summed E-state index contributed by atoms with van der Waals surface area (Å²) in [6.07, 6.45) is 0.751. The number of nitrogens with zero attached hydrogens (tertiary/aromatic N) is 3. The maximum Gasteiger partial charge on any atom is 0.226 e. The van der Waals surface area contributed by atoms with Gasteiger partial charge in [-0.1, -0.05) is 30.3 Å². The van der Waals surface area contributed by atoms with Gasteiger partial charge in [-0.3, -0.25) is 0 Å². The van der Waals surface area contributed by atoms with Crippen LogP contribution < -0.4 is 0 Å². The third kappa shape index (κ3) is 2.74. The van der Waals surface area contributed by atoms with Crippen LogP contribution in [-0.2, 0) is 12.2 Å². The maximum absolute atomic E-state index is 5.93. The summed E-state index contributed by atoms with van der Waals surface area (Å²) in [7, 11) is 0. The first kappa shape index (κ1) is 12.5. The zero-order chi connectivity index (χ0) is 13.2. The van der Waals surface area contributed by atoms with E-state index in [1.807, 2.05) is 25.1 Å². The number of hydrogen-bond donors (Lipinski definition) is 1. The second-order valence-corrected chi connectivity index (χ2v) is 5.34. The Balaban J connectivity index is 1.74. The van der Waals surface area contributed by atoms with Crippen LogP contribution in [-0.4, -0.2) is 20.2 Å². The molecular weight excluding hydrogens is 284 g/mol. The monoisotopic (exact) mass is 294 g/mol. The fourth-order valence-electron chi connectivity index (χ4n) is 1.65. The highest BCUT2D eigenvalue weighted by Crippen LogP contribution is 2.24. The van der Waals surface area contributed by atoms with Crippen molar-refractivity contribution in [3.05, 3.63) is 35.0 Å². The molecule has 0 aliphatic rings. The summed E-state index contributed by atoms with van der Waals surface area (Å²) in [4.78, 5) is 7.66. The predicted molar refractivity (Wildman–Crippen MR) is 74.3 cm³/mol. The highest BCUT2D eigenvalue weighted by atomic mass is 35.5. The molecule has 2 aromatic heterocycles. The minimum atomic E-state index is 0.598. The Morgan fingerprint density at radius 2 is 2.16 bits per heavy atom. The summed E-state index contributed by atoms with van der Waals surface area (Å²) in [5, 5.41) is 9.40. The van der Waals surface area contributed by atoms with E-state index in [-0.39, 0.29) is 0 Å². The molecular formula is C12H11ClN4OS. The van der Waals surface area contributed by atoms with E-state index >= 15 is 0 Å². The number of halogens is 1. The van der Waals surface area contributed by atoms with E-state index in [9.17, 15) is 0 Å². The Hall–Kier alpha value is -1.53. The molecule has 0 aliphatic carbocycles. The molecule has 1 aromatic carbocycles. The first-order valence-corrected chi connectivity index (χ1v) is 7.20. The number of nitrogens with one attached hydrogen (secondary N) is 1. The first-order chi connectivity index (χ1) is 9.24. The Morgan fingerprint density at radius 3 is 2.95 bits per heavy atom. The normalized spacial score (nSPS) is 11.3. The van der Waals surface area contributed by atoms with Crippen molar-refractivity contribution < 1.29 is 4.42 Å². The Bertz CT molecular complexity index is 709. The molecule has 3 rings (SSSR count). The molecule has 0 amide bonds. The van der Waals surface area contributed by atoms with Gasteiger partial charge in [0.15, 0.2) is 5.16 Å². The van der Waals surface area contributed by atoms with E-state index in [4.69, 9.17) is 16.0 Å². The van der Waals surface area contributed by atoms with Gasteiger partial charge in [0.2, 0.25) is 11.8 Å². The largest absolute Gasteiger partial charge is 0.424 e. The molecule has 0 atom stereocenters. The molecule has 98 valence electrons. The molecule has 2 heterocycles. The number of rotatable bonds is 4. The van der Waals surface area contributed by atoms with E-state index in [0.29, 0.717) is 22.6 Å². The third-order valence-electron chi connectivity index (χ3n) is 2.57. The molecule has 0 bridgehead atoms. The number of aryl methyl sites for hydroxylation is 1. The number of fused-ring (bicyclic) bond motifs is 1. The second-order valence-electron chi connectivity index (χ2n) is 3.94. The number of hydrogen-bond acceptors (Lipinski definition) is 5. The molecule has 19 heavy (non-hydrogen) atoms. The maximum atomic E-state index is 5.93. The summed E-state index contributed by atoms with van der Waals surface area (Å²) in [6.45, 7) is 1.98. The van der Waals surface area contributed by atoms with E-state index in [2.05, 4.69) is 20.2 Å². The lowest BCUT2D eigenvalue weighted by molar-refractivity contribution is 0.470. The van der Waals surface area contributed by atoms with Crippen molar-refractivity contribution in [2.45, 2.75) is 24.3 Å². The lowest BCUT2D eigenvalue weighted by atomic mass is 10.3.